The van der Waals surface area contributed by atoms with E-state index in [9.17, 15) is 65.6 Å². The lowest BCUT2D eigenvalue weighted by molar-refractivity contribution is 0.102. The van der Waals surface area contributed by atoms with E-state index >= 15 is 0 Å². The van der Waals surface area contributed by atoms with Gasteiger partial charge in [0.1, 0.15) is 15.5 Å². The van der Waals surface area contributed by atoms with Gasteiger partial charge in [-0.1, -0.05) is 29.8 Å². The molecule has 0 spiro atoms. The number of carbonyl (C=O) groups excluding carboxylic acids is 1. The molecule has 0 saturated carbocycles. The van der Waals surface area contributed by atoms with Crippen LogP contribution in [0.1, 0.15) is 10.4 Å². The van der Waals surface area contributed by atoms with Gasteiger partial charge in [0.15, 0.2) is 9.84 Å². The Morgan fingerprint density at radius 1 is 0.698 bits per heavy atom. The highest BCUT2D eigenvalue weighted by molar-refractivity contribution is 7.91. The molecule has 0 aliphatic carbocycles. The number of rotatable bonds is 11. The molecule has 0 saturated heterocycles. The van der Waals surface area contributed by atoms with Crippen molar-refractivity contribution >= 4 is 95.3 Å². The number of phenolic OH excluding ortho intramolecular Hbond substituents is 1. The Balaban J connectivity index is 1.82. The molecule has 53 heavy (non-hydrogen) atoms. The molecule has 0 aliphatic heterocycles. The number of fused-ring (bicyclic) bond motifs is 2. The maximum Gasteiger partial charge on any atom is 0.397 e. The normalized spacial score (nSPS) is 13.0. The minimum Gasteiger partial charge on any atom is -0.507 e. The van der Waals surface area contributed by atoms with Crippen molar-refractivity contribution in [2.24, 2.45) is 0 Å². The second-order valence-electron chi connectivity index (χ2n) is 10.9. The van der Waals surface area contributed by atoms with Gasteiger partial charge in [-0.3, -0.25) is 23.0 Å². The van der Waals surface area contributed by atoms with Crippen LogP contribution in [0.3, 0.4) is 0 Å². The van der Waals surface area contributed by atoms with Crippen molar-refractivity contribution in [2.45, 2.75) is 19.6 Å². The number of hydrogen-bond donors (Lipinski definition) is 6. The fourth-order valence-electron chi connectivity index (χ4n) is 5.29. The van der Waals surface area contributed by atoms with E-state index in [2.05, 4.69) is 9.50 Å². The number of benzene rings is 5. The number of sulfone groups is 1. The summed E-state index contributed by atoms with van der Waals surface area (Å²) in [5.74, 6) is -3.10. The second kappa shape index (κ2) is 13.9. The van der Waals surface area contributed by atoms with Gasteiger partial charge in [0.25, 0.3) is 36.3 Å². The van der Waals surface area contributed by atoms with Crippen molar-refractivity contribution < 1.29 is 74.4 Å². The predicted molar refractivity (Wildman–Crippen MR) is 187 cm³/mol. The third-order valence-corrected chi connectivity index (χ3v) is 12.5. The molecule has 0 unspecified atom stereocenters. The molecular weight excluding hydrogens is 830 g/mol. The number of nitrogens with one attached hydrogen (secondary N) is 1. The maximum absolute atomic E-state index is 13.2. The number of hydrogen-bond acceptors (Lipinski definition) is 13. The van der Waals surface area contributed by atoms with E-state index in [0.717, 1.165) is 30.3 Å². The second-order valence-corrected chi connectivity index (χ2v) is 18.8. The number of phenols is 1. The van der Waals surface area contributed by atoms with E-state index in [-0.39, 0.29) is 16.0 Å². The lowest BCUT2D eigenvalue weighted by Crippen LogP contribution is -2.15. The molecule has 1 amide bonds. The fraction of sp³-hybridized carbons (Fsp3) is 0.0690. The molecule has 24 heteroatoms. The number of halogens is 1. The first-order valence-corrected chi connectivity index (χ1v) is 21.7. The van der Waals surface area contributed by atoms with Crippen LogP contribution in [-0.2, 0) is 54.8 Å². The predicted octanol–water partition coefficient (Wildman–Crippen LogP) is 3.60. The molecule has 282 valence electrons. The molecule has 0 fully saturated rings. The van der Waals surface area contributed by atoms with Crippen molar-refractivity contribution in [2.75, 3.05) is 17.7 Å². The summed E-state index contributed by atoms with van der Waals surface area (Å²) in [5.41, 5.74) is -2.41. The third-order valence-electron chi connectivity index (χ3n) is 7.49. The summed E-state index contributed by atoms with van der Waals surface area (Å²) in [6.45, 7) is -0.998. The van der Waals surface area contributed by atoms with E-state index < -0.39 is 127 Å². The zero-order valence-electron chi connectivity index (χ0n) is 25.9. The molecular formula is C29H22ClNO17S5. The van der Waals surface area contributed by atoms with E-state index in [0.29, 0.717) is 18.2 Å². The summed E-state index contributed by atoms with van der Waals surface area (Å²) in [6, 6.07) is 11.7. The molecule has 5 aromatic carbocycles. The maximum atomic E-state index is 13.2. The first kappa shape index (κ1) is 39.9. The minimum atomic E-state index is -5.49. The van der Waals surface area contributed by atoms with Crippen LogP contribution in [0.2, 0.25) is 5.02 Å². The number of amides is 1. The van der Waals surface area contributed by atoms with Crippen molar-refractivity contribution in [3.63, 3.8) is 0 Å². The highest BCUT2D eigenvalue weighted by Crippen LogP contribution is 2.48. The SMILES string of the molecule is O=C(Nc1cc(S(=O)(=O)O)cc2cc(S(=O)(=O)O)c(-c3ccc4cc(S(=O)(=O)CCOS(=O)(=O)O)ccc4c3S(=O)(=O)O)c(O)c12)c1ccc(Cl)cc1. The smallest absolute Gasteiger partial charge is 0.397 e. The molecule has 0 radical (unpaired) electrons. The molecule has 0 aromatic heterocycles. The summed E-state index contributed by atoms with van der Waals surface area (Å²) < 4.78 is 166. The van der Waals surface area contributed by atoms with Crippen LogP contribution in [-0.4, -0.2) is 83.7 Å². The van der Waals surface area contributed by atoms with E-state index in [1.54, 1.807) is 0 Å². The van der Waals surface area contributed by atoms with Gasteiger partial charge in [0, 0.05) is 32.5 Å². The van der Waals surface area contributed by atoms with Crippen molar-refractivity contribution in [3.8, 4) is 16.9 Å². The van der Waals surface area contributed by atoms with Crippen LogP contribution in [0.25, 0.3) is 32.7 Å². The molecule has 0 aliphatic rings. The molecule has 0 atom stereocenters. The zero-order chi connectivity index (χ0) is 39.5. The van der Waals surface area contributed by atoms with Crippen molar-refractivity contribution in [3.05, 3.63) is 83.4 Å². The first-order chi connectivity index (χ1) is 24.3. The van der Waals surface area contributed by atoms with Crippen LogP contribution >= 0.6 is 11.6 Å². The van der Waals surface area contributed by atoms with Gasteiger partial charge in [-0.25, -0.2) is 12.6 Å². The third kappa shape index (κ3) is 8.60. The van der Waals surface area contributed by atoms with Crippen LogP contribution in [0, 0.1) is 0 Å². The molecule has 0 bridgehead atoms. The summed E-state index contributed by atoms with van der Waals surface area (Å²) in [4.78, 5) is 9.39. The Labute approximate surface area is 305 Å². The zero-order valence-corrected chi connectivity index (χ0v) is 30.7. The highest BCUT2D eigenvalue weighted by atomic mass is 35.5. The highest BCUT2D eigenvalue weighted by Gasteiger charge is 2.31. The van der Waals surface area contributed by atoms with Gasteiger partial charge in [0.05, 0.1) is 27.8 Å². The van der Waals surface area contributed by atoms with Gasteiger partial charge in [-0.15, -0.1) is 0 Å². The van der Waals surface area contributed by atoms with Gasteiger partial charge in [-0.05, 0) is 65.4 Å². The average Bonchev–Trinajstić information content (AvgIpc) is 3.01. The Hall–Kier alpha value is -4.27. The van der Waals surface area contributed by atoms with Gasteiger partial charge in [0.2, 0.25) is 0 Å². The Kier molecular flexibility index (Phi) is 10.4. The fourth-order valence-corrected chi connectivity index (χ4v) is 9.13. The summed E-state index contributed by atoms with van der Waals surface area (Å²) in [5, 5.41) is 12.5. The Bertz CT molecular complexity index is 2930. The van der Waals surface area contributed by atoms with E-state index in [4.69, 9.17) is 16.2 Å². The van der Waals surface area contributed by atoms with Crippen LogP contribution in [0.15, 0.2) is 92.4 Å². The first-order valence-electron chi connectivity index (χ1n) is 14.0. The quantitative estimate of drug-likeness (QED) is 0.103. The lowest BCUT2D eigenvalue weighted by Gasteiger charge is -2.19. The van der Waals surface area contributed by atoms with E-state index in [1.807, 2.05) is 0 Å². The summed E-state index contributed by atoms with van der Waals surface area (Å²) in [7, 11) is -25.4. The van der Waals surface area contributed by atoms with Crippen LogP contribution in [0.5, 0.6) is 5.75 Å². The van der Waals surface area contributed by atoms with Crippen LogP contribution < -0.4 is 5.32 Å². The van der Waals surface area contributed by atoms with Crippen molar-refractivity contribution in [1.82, 2.24) is 0 Å². The van der Waals surface area contributed by atoms with Crippen LogP contribution in [0.4, 0.5) is 5.69 Å². The van der Waals surface area contributed by atoms with Crippen molar-refractivity contribution in [1.29, 1.82) is 0 Å². The summed E-state index contributed by atoms with van der Waals surface area (Å²) in [6.07, 6.45) is 0. The van der Waals surface area contributed by atoms with E-state index in [1.165, 1.54) is 24.3 Å². The Morgan fingerprint density at radius 3 is 1.89 bits per heavy atom. The number of anilines is 1. The molecule has 5 rings (SSSR count). The molecule has 18 nitrogen and oxygen atoms in total. The monoisotopic (exact) mass is 851 g/mol. The number of carbonyl (C=O) groups is 1. The average molecular weight is 852 g/mol. The largest absolute Gasteiger partial charge is 0.507 e. The topological polar surface area (TPSA) is 310 Å². The minimum absolute atomic E-state index is 0.0513. The lowest BCUT2D eigenvalue weighted by atomic mass is 9.96. The molecule has 5 aromatic rings. The van der Waals surface area contributed by atoms with Gasteiger partial charge < -0.3 is 10.4 Å². The van der Waals surface area contributed by atoms with Gasteiger partial charge >= 0.3 is 10.4 Å². The summed E-state index contributed by atoms with van der Waals surface area (Å²) >= 11 is 5.87. The molecule has 6 N–H and O–H groups in total. The van der Waals surface area contributed by atoms with Gasteiger partial charge in [-0.2, -0.15) is 33.7 Å². The molecule has 0 heterocycles. The number of aromatic hydroxyl groups is 1. The Morgan fingerprint density at radius 2 is 1.32 bits per heavy atom. The standard InChI is InChI=1S/C29H22ClNO17S5/c30-18-4-1-15(2-5-18)29(33)31-23-14-20(50(36,37)38)12-17-13-24(51(39,40)41)26(27(32)25(17)23)22-7-3-16-11-19(6-8-21(16)28(22)52(42,43)44)49(34,35)10-9-48-53(45,46)47/h1-8,11-14,32H,9-10H2,(H,31,33)(H,36,37,38)(H,39,40,41)(H,42,43,44)(H,45,46,47).